The van der Waals surface area contributed by atoms with Gasteiger partial charge in [0.25, 0.3) is 0 Å². The molecule has 0 spiro atoms. The van der Waals surface area contributed by atoms with E-state index < -0.39 is 0 Å². The molecule has 0 aliphatic rings. The van der Waals surface area contributed by atoms with E-state index >= 15 is 0 Å². The number of para-hydroxylation sites is 1. The van der Waals surface area contributed by atoms with Crippen molar-refractivity contribution in [2.45, 2.75) is 0 Å². The van der Waals surface area contributed by atoms with Crippen molar-refractivity contribution >= 4 is 65.4 Å². The van der Waals surface area contributed by atoms with E-state index in [0.29, 0.717) is 0 Å². The average Bonchev–Trinajstić information content (AvgIpc) is 3.76. The summed E-state index contributed by atoms with van der Waals surface area (Å²) in [4.78, 5) is 0. The van der Waals surface area contributed by atoms with Crippen LogP contribution < -0.4 is 0 Å². The molecule has 11 rings (SSSR count). The largest absolute Gasteiger partial charge is 0.456 e. The Hall–Kier alpha value is -6.90. The van der Waals surface area contributed by atoms with E-state index in [0.717, 1.165) is 60.6 Å². The molecule has 0 bridgehead atoms. The van der Waals surface area contributed by atoms with Gasteiger partial charge in [-0.1, -0.05) is 152 Å². The summed E-state index contributed by atoms with van der Waals surface area (Å²) < 4.78 is 13.1. The maximum absolute atomic E-state index is 6.56. The first kappa shape index (κ1) is 28.9. The van der Waals surface area contributed by atoms with Crippen molar-refractivity contribution in [3.63, 3.8) is 0 Å². The standard InChI is InChI=1S/C50H30O2/c1-4-13-31(14-5-1)34-23-25-39-44(27-34)48(33-17-8-3-9-18-33)37-19-10-11-20-38(37)49(39)35-24-26-45-41(28-35)43-29-42-40-22-12-21-36(32-15-6-2-7-16-32)50(40)52-47(42)30-46(43)51-45/h1-30H. The highest BCUT2D eigenvalue weighted by Gasteiger charge is 2.20. The van der Waals surface area contributed by atoms with Gasteiger partial charge in [-0.3, -0.25) is 0 Å². The van der Waals surface area contributed by atoms with Gasteiger partial charge in [0, 0.05) is 33.2 Å². The van der Waals surface area contributed by atoms with E-state index in [1.165, 1.54) is 49.4 Å². The highest BCUT2D eigenvalue weighted by atomic mass is 16.3. The quantitative estimate of drug-likeness (QED) is 0.175. The van der Waals surface area contributed by atoms with Gasteiger partial charge in [0.1, 0.15) is 22.3 Å². The van der Waals surface area contributed by atoms with Gasteiger partial charge in [0.15, 0.2) is 0 Å². The summed E-state index contributed by atoms with van der Waals surface area (Å²) >= 11 is 0. The van der Waals surface area contributed by atoms with Crippen molar-refractivity contribution in [3.05, 3.63) is 182 Å². The van der Waals surface area contributed by atoms with Gasteiger partial charge in [-0.05, 0) is 84.8 Å². The normalized spacial score (nSPS) is 11.8. The molecule has 2 aromatic heterocycles. The third kappa shape index (κ3) is 4.38. The minimum Gasteiger partial charge on any atom is -0.456 e. The van der Waals surface area contributed by atoms with Crippen molar-refractivity contribution in [2.24, 2.45) is 0 Å². The molecule has 0 amide bonds. The maximum atomic E-state index is 6.56. The molecule has 9 aromatic carbocycles. The average molecular weight is 663 g/mol. The van der Waals surface area contributed by atoms with Crippen molar-refractivity contribution in [2.75, 3.05) is 0 Å². The molecule has 0 aliphatic heterocycles. The number of rotatable bonds is 4. The van der Waals surface area contributed by atoms with Crippen LogP contribution in [0, 0.1) is 0 Å². The molecule has 2 nitrogen and oxygen atoms in total. The third-order valence-corrected chi connectivity index (χ3v) is 10.7. The van der Waals surface area contributed by atoms with Crippen LogP contribution in [0.4, 0.5) is 0 Å². The van der Waals surface area contributed by atoms with Crippen LogP contribution in [-0.4, -0.2) is 0 Å². The molecule has 0 saturated heterocycles. The van der Waals surface area contributed by atoms with Crippen LogP contribution in [0.2, 0.25) is 0 Å². The Balaban J connectivity index is 1.18. The SMILES string of the molecule is c1ccc(-c2ccc3c(-c4ccc5oc6cc7oc8c(-c9ccccc9)cccc8c7cc6c5c4)c4ccccc4c(-c4ccccc4)c3c2)cc1. The molecule has 0 saturated carbocycles. The molecule has 0 fully saturated rings. The van der Waals surface area contributed by atoms with Crippen LogP contribution in [0.5, 0.6) is 0 Å². The predicted molar refractivity (Wildman–Crippen MR) is 218 cm³/mol. The molecule has 2 heteroatoms. The molecule has 0 aliphatic carbocycles. The van der Waals surface area contributed by atoms with Gasteiger partial charge in [-0.15, -0.1) is 0 Å². The Bertz CT molecular complexity index is 3150. The Morgan fingerprint density at radius 2 is 0.788 bits per heavy atom. The molecule has 11 aromatic rings. The first-order valence-corrected chi connectivity index (χ1v) is 17.8. The fraction of sp³-hybridized carbons (Fsp3) is 0. The fourth-order valence-corrected chi connectivity index (χ4v) is 8.28. The Labute approximate surface area is 299 Å². The van der Waals surface area contributed by atoms with Gasteiger partial charge in [0.2, 0.25) is 0 Å². The maximum Gasteiger partial charge on any atom is 0.143 e. The monoisotopic (exact) mass is 662 g/mol. The smallest absolute Gasteiger partial charge is 0.143 e. The Morgan fingerprint density at radius 1 is 0.250 bits per heavy atom. The van der Waals surface area contributed by atoms with Crippen molar-refractivity contribution in [3.8, 4) is 44.5 Å². The van der Waals surface area contributed by atoms with Gasteiger partial charge in [0.05, 0.1) is 0 Å². The lowest BCUT2D eigenvalue weighted by atomic mass is 9.84. The molecule has 242 valence electrons. The zero-order valence-corrected chi connectivity index (χ0v) is 28.1. The Kier molecular flexibility index (Phi) is 6.28. The van der Waals surface area contributed by atoms with E-state index in [9.17, 15) is 0 Å². The van der Waals surface area contributed by atoms with Gasteiger partial charge >= 0.3 is 0 Å². The fourth-order valence-electron chi connectivity index (χ4n) is 8.28. The number of furan rings is 2. The summed E-state index contributed by atoms with van der Waals surface area (Å²) in [5, 5.41) is 9.28. The lowest BCUT2D eigenvalue weighted by molar-refractivity contribution is 0.656. The van der Waals surface area contributed by atoms with Crippen LogP contribution in [0.1, 0.15) is 0 Å². The molecule has 0 N–H and O–H groups in total. The van der Waals surface area contributed by atoms with Crippen LogP contribution >= 0.6 is 0 Å². The second-order valence-electron chi connectivity index (χ2n) is 13.6. The lowest BCUT2D eigenvalue weighted by Crippen LogP contribution is -1.91. The minimum atomic E-state index is 0.821. The molecule has 52 heavy (non-hydrogen) atoms. The van der Waals surface area contributed by atoms with Crippen LogP contribution in [0.3, 0.4) is 0 Å². The number of hydrogen-bond donors (Lipinski definition) is 0. The zero-order chi connectivity index (χ0) is 34.2. The summed E-state index contributed by atoms with van der Waals surface area (Å²) in [5.74, 6) is 0. The summed E-state index contributed by atoms with van der Waals surface area (Å²) in [6, 6.07) is 65.1. The molecule has 2 heterocycles. The number of hydrogen-bond acceptors (Lipinski definition) is 2. The second-order valence-corrected chi connectivity index (χ2v) is 13.6. The molecular formula is C50H30O2. The zero-order valence-electron chi connectivity index (χ0n) is 28.1. The highest BCUT2D eigenvalue weighted by Crippen LogP contribution is 2.46. The topological polar surface area (TPSA) is 26.3 Å². The van der Waals surface area contributed by atoms with Gasteiger partial charge in [-0.2, -0.15) is 0 Å². The van der Waals surface area contributed by atoms with E-state index in [2.05, 4.69) is 176 Å². The molecule has 0 atom stereocenters. The van der Waals surface area contributed by atoms with E-state index in [1.807, 2.05) is 6.07 Å². The van der Waals surface area contributed by atoms with Gasteiger partial charge in [-0.25, -0.2) is 0 Å². The summed E-state index contributed by atoms with van der Waals surface area (Å²) in [7, 11) is 0. The number of fused-ring (bicyclic) bond motifs is 8. The third-order valence-electron chi connectivity index (χ3n) is 10.7. The summed E-state index contributed by atoms with van der Waals surface area (Å²) in [5.41, 5.74) is 12.9. The van der Waals surface area contributed by atoms with Crippen LogP contribution in [-0.2, 0) is 0 Å². The van der Waals surface area contributed by atoms with Crippen LogP contribution in [0.15, 0.2) is 191 Å². The van der Waals surface area contributed by atoms with Gasteiger partial charge < -0.3 is 8.83 Å². The Morgan fingerprint density at radius 3 is 1.54 bits per heavy atom. The minimum absolute atomic E-state index is 0.821. The molecular weight excluding hydrogens is 633 g/mol. The first-order valence-electron chi connectivity index (χ1n) is 17.8. The lowest BCUT2D eigenvalue weighted by Gasteiger charge is -2.19. The predicted octanol–water partition coefficient (Wildman–Crippen LogP) is 14.5. The van der Waals surface area contributed by atoms with Crippen LogP contribution in [0.25, 0.3) is 110 Å². The first-order chi connectivity index (χ1) is 25.8. The second kappa shape index (κ2) is 11.3. The van der Waals surface area contributed by atoms with E-state index in [4.69, 9.17) is 8.83 Å². The molecule has 0 radical (unpaired) electrons. The highest BCUT2D eigenvalue weighted by molar-refractivity contribution is 6.23. The van der Waals surface area contributed by atoms with E-state index in [1.54, 1.807) is 0 Å². The summed E-state index contributed by atoms with van der Waals surface area (Å²) in [6.45, 7) is 0. The molecule has 0 unspecified atom stereocenters. The van der Waals surface area contributed by atoms with Crippen molar-refractivity contribution < 1.29 is 8.83 Å². The summed E-state index contributed by atoms with van der Waals surface area (Å²) in [6.07, 6.45) is 0. The number of benzene rings is 9. The van der Waals surface area contributed by atoms with E-state index in [-0.39, 0.29) is 0 Å². The van der Waals surface area contributed by atoms with Crippen molar-refractivity contribution in [1.29, 1.82) is 0 Å². The van der Waals surface area contributed by atoms with Crippen molar-refractivity contribution in [1.82, 2.24) is 0 Å².